The predicted molar refractivity (Wildman–Crippen MR) is 126 cm³/mol. The van der Waals surface area contributed by atoms with E-state index < -0.39 is 0 Å². The highest BCUT2D eigenvalue weighted by molar-refractivity contribution is 5.98. The summed E-state index contributed by atoms with van der Waals surface area (Å²) in [5, 5.41) is 10.9. The van der Waals surface area contributed by atoms with Crippen molar-refractivity contribution in [3.63, 3.8) is 0 Å². The van der Waals surface area contributed by atoms with Crippen LogP contribution in [0.5, 0.6) is 0 Å². The first-order valence-electron chi connectivity index (χ1n) is 10.9. The van der Waals surface area contributed by atoms with Crippen LogP contribution in [0.15, 0.2) is 47.5 Å². The highest BCUT2D eigenvalue weighted by Gasteiger charge is 2.22. The molecule has 0 radical (unpaired) electrons. The molecule has 1 saturated heterocycles. The van der Waals surface area contributed by atoms with Crippen LogP contribution < -0.4 is 15.8 Å². The molecule has 1 fully saturated rings. The predicted octanol–water partition coefficient (Wildman–Crippen LogP) is 2.77. The van der Waals surface area contributed by atoms with E-state index in [4.69, 9.17) is 4.98 Å². The number of hydrogen-bond donors (Lipinski definition) is 3. The van der Waals surface area contributed by atoms with Gasteiger partial charge in [-0.1, -0.05) is 0 Å². The van der Waals surface area contributed by atoms with Gasteiger partial charge in [-0.05, 0) is 38.2 Å². The van der Waals surface area contributed by atoms with Crippen LogP contribution in [-0.4, -0.2) is 63.3 Å². The molecule has 0 saturated carbocycles. The zero-order valence-corrected chi connectivity index (χ0v) is 18.5. The Labute approximate surface area is 189 Å². The largest absolute Gasteiger partial charge is 0.367 e. The van der Waals surface area contributed by atoms with Crippen molar-refractivity contribution in [2.24, 2.45) is 0 Å². The van der Waals surface area contributed by atoms with Crippen molar-refractivity contribution < 1.29 is 4.39 Å². The molecule has 3 N–H and O–H groups in total. The van der Waals surface area contributed by atoms with Crippen LogP contribution in [-0.2, 0) is 0 Å². The molecule has 1 aliphatic heterocycles. The summed E-state index contributed by atoms with van der Waals surface area (Å²) in [4.78, 5) is 28.7. The van der Waals surface area contributed by atoms with Gasteiger partial charge in [0.15, 0.2) is 0 Å². The number of halogens is 1. The molecule has 0 spiro atoms. The smallest absolute Gasteiger partial charge is 0.257 e. The van der Waals surface area contributed by atoms with E-state index in [1.807, 2.05) is 13.0 Å². The van der Waals surface area contributed by atoms with Crippen molar-refractivity contribution in [1.82, 2.24) is 30.0 Å². The van der Waals surface area contributed by atoms with Crippen LogP contribution >= 0.6 is 0 Å². The van der Waals surface area contributed by atoms with E-state index in [-0.39, 0.29) is 17.4 Å². The molecule has 4 aromatic rings. The maximum absolute atomic E-state index is 13.3. The summed E-state index contributed by atoms with van der Waals surface area (Å²) in [6.45, 7) is 5.57. The summed E-state index contributed by atoms with van der Waals surface area (Å²) >= 11 is 0. The lowest BCUT2D eigenvalue weighted by molar-refractivity contribution is 0.313. The number of nitrogens with one attached hydrogen (secondary N) is 3. The third kappa shape index (κ3) is 4.17. The van der Waals surface area contributed by atoms with Crippen LogP contribution in [0.2, 0.25) is 0 Å². The highest BCUT2D eigenvalue weighted by atomic mass is 19.1. The van der Waals surface area contributed by atoms with Gasteiger partial charge in [0.1, 0.15) is 28.4 Å². The Morgan fingerprint density at radius 3 is 2.73 bits per heavy atom. The average molecular weight is 449 g/mol. The van der Waals surface area contributed by atoms with Gasteiger partial charge in [-0.3, -0.25) is 14.9 Å². The molecule has 0 amide bonds. The standard InChI is InChI=1S/C23H25FN8O/c1-14(17-6-5-15(24)13-26-17)27-19-12-18(32-10-8-31(2)9-11-32)21-22(28-19)20(29-30-21)16-4-3-7-25-23(16)33/h3-7,12-14H,8-11H2,1-2H3,(H,25,33)(H,27,28)(H,29,30)/t14-/m0/s1. The second-order valence-corrected chi connectivity index (χ2v) is 8.29. The molecule has 5 heterocycles. The molecule has 1 aliphatic rings. The van der Waals surface area contributed by atoms with Crippen molar-refractivity contribution in [1.29, 1.82) is 0 Å². The lowest BCUT2D eigenvalue weighted by Crippen LogP contribution is -2.44. The van der Waals surface area contributed by atoms with Crippen LogP contribution in [0.3, 0.4) is 0 Å². The number of hydrogen-bond acceptors (Lipinski definition) is 7. The molecule has 1 atom stereocenters. The molecule has 0 aliphatic carbocycles. The lowest BCUT2D eigenvalue weighted by atomic mass is 10.1. The maximum atomic E-state index is 13.3. The number of aromatic amines is 2. The molecule has 170 valence electrons. The number of likely N-dealkylation sites (N-methyl/N-ethyl adjacent to an activating group) is 1. The molecular formula is C23H25FN8O. The number of rotatable bonds is 5. The minimum atomic E-state index is -0.376. The first kappa shape index (κ1) is 21.1. The van der Waals surface area contributed by atoms with Gasteiger partial charge in [-0.25, -0.2) is 9.37 Å². The molecule has 10 heteroatoms. The van der Waals surface area contributed by atoms with Crippen LogP contribution in [0.1, 0.15) is 18.7 Å². The Morgan fingerprint density at radius 2 is 2.00 bits per heavy atom. The Hall–Kier alpha value is -3.79. The lowest BCUT2D eigenvalue weighted by Gasteiger charge is -2.34. The molecule has 4 aromatic heterocycles. The third-order valence-corrected chi connectivity index (χ3v) is 5.98. The molecular weight excluding hydrogens is 423 g/mol. The molecule has 33 heavy (non-hydrogen) atoms. The van der Waals surface area contributed by atoms with Crippen LogP contribution in [0.25, 0.3) is 22.3 Å². The van der Waals surface area contributed by atoms with Crippen molar-refractivity contribution >= 4 is 22.5 Å². The van der Waals surface area contributed by atoms with Gasteiger partial charge < -0.3 is 20.1 Å². The summed E-state index contributed by atoms with van der Waals surface area (Å²) in [5.74, 6) is 0.254. The molecule has 0 aromatic carbocycles. The summed E-state index contributed by atoms with van der Waals surface area (Å²) in [6.07, 6.45) is 2.80. The summed E-state index contributed by atoms with van der Waals surface area (Å²) in [5.41, 5.74) is 3.80. The van der Waals surface area contributed by atoms with Gasteiger partial charge in [0, 0.05) is 38.4 Å². The van der Waals surface area contributed by atoms with Gasteiger partial charge in [0.25, 0.3) is 5.56 Å². The third-order valence-electron chi connectivity index (χ3n) is 5.98. The monoisotopic (exact) mass is 448 g/mol. The van der Waals surface area contributed by atoms with Gasteiger partial charge in [-0.15, -0.1) is 0 Å². The van der Waals surface area contributed by atoms with Crippen LogP contribution in [0, 0.1) is 5.82 Å². The minimum absolute atomic E-state index is 0.202. The first-order chi connectivity index (χ1) is 16.0. The molecule has 0 bridgehead atoms. The van der Waals surface area contributed by atoms with E-state index in [9.17, 15) is 9.18 Å². The fourth-order valence-corrected chi connectivity index (χ4v) is 4.08. The maximum Gasteiger partial charge on any atom is 0.257 e. The van der Waals surface area contributed by atoms with Crippen molar-refractivity contribution in [2.75, 3.05) is 43.4 Å². The Morgan fingerprint density at radius 1 is 1.18 bits per heavy atom. The molecule has 5 rings (SSSR count). The number of pyridine rings is 3. The fraction of sp³-hybridized carbons (Fsp3) is 0.304. The molecule has 9 nitrogen and oxygen atoms in total. The second-order valence-electron chi connectivity index (χ2n) is 8.29. The van der Waals surface area contributed by atoms with E-state index >= 15 is 0 Å². The average Bonchev–Trinajstić information content (AvgIpc) is 3.23. The van der Waals surface area contributed by atoms with E-state index in [1.165, 1.54) is 12.3 Å². The Bertz CT molecular complexity index is 1320. The highest BCUT2D eigenvalue weighted by Crippen LogP contribution is 2.33. The topological polar surface area (TPSA) is 106 Å². The quantitative estimate of drug-likeness (QED) is 0.431. The molecule has 0 unspecified atom stereocenters. The number of piperazine rings is 1. The normalized spacial score (nSPS) is 15.7. The van der Waals surface area contributed by atoms with Gasteiger partial charge in [0.2, 0.25) is 0 Å². The Kier molecular flexibility index (Phi) is 5.51. The SMILES string of the molecule is C[C@H](Nc1cc(N2CCN(C)CC2)c2[nH]nc(-c3ccc[nH]c3=O)c2n1)c1ccc(F)cn1. The van der Waals surface area contributed by atoms with E-state index in [0.717, 1.165) is 37.4 Å². The van der Waals surface area contributed by atoms with E-state index in [1.54, 1.807) is 24.4 Å². The number of anilines is 2. The van der Waals surface area contributed by atoms with Crippen molar-refractivity contribution in [2.45, 2.75) is 13.0 Å². The zero-order valence-electron chi connectivity index (χ0n) is 18.5. The summed E-state index contributed by atoms with van der Waals surface area (Å²) < 4.78 is 13.3. The second kappa shape index (κ2) is 8.62. The zero-order chi connectivity index (χ0) is 22.9. The Balaban J connectivity index is 1.59. The van der Waals surface area contributed by atoms with Crippen molar-refractivity contribution in [3.05, 3.63) is 64.6 Å². The van der Waals surface area contributed by atoms with Gasteiger partial charge in [-0.2, -0.15) is 5.10 Å². The number of aromatic nitrogens is 5. The van der Waals surface area contributed by atoms with Gasteiger partial charge >= 0.3 is 0 Å². The van der Waals surface area contributed by atoms with Gasteiger partial charge in [0.05, 0.1) is 29.2 Å². The fourth-order valence-electron chi connectivity index (χ4n) is 4.08. The minimum Gasteiger partial charge on any atom is -0.367 e. The summed E-state index contributed by atoms with van der Waals surface area (Å²) in [7, 11) is 2.11. The number of H-pyrrole nitrogens is 2. The van der Waals surface area contributed by atoms with E-state index in [2.05, 4.69) is 42.3 Å². The number of nitrogens with zero attached hydrogens (tertiary/aromatic N) is 5. The van der Waals surface area contributed by atoms with Crippen molar-refractivity contribution in [3.8, 4) is 11.3 Å². The number of fused-ring (bicyclic) bond motifs is 1. The first-order valence-corrected chi connectivity index (χ1v) is 10.9. The van der Waals surface area contributed by atoms with E-state index in [0.29, 0.717) is 28.3 Å². The van der Waals surface area contributed by atoms with Crippen LogP contribution in [0.4, 0.5) is 15.9 Å². The summed E-state index contributed by atoms with van der Waals surface area (Å²) in [6, 6.07) is 8.33.